The summed E-state index contributed by atoms with van der Waals surface area (Å²) in [5, 5.41) is 10.1. The molecule has 0 bridgehead atoms. The third-order valence-corrected chi connectivity index (χ3v) is 3.25. The lowest BCUT2D eigenvalue weighted by atomic mass is 9.88. The van der Waals surface area contributed by atoms with Crippen LogP contribution >= 0.6 is 0 Å². The lowest BCUT2D eigenvalue weighted by Crippen LogP contribution is -2.20. The van der Waals surface area contributed by atoms with Crippen molar-refractivity contribution in [3.05, 3.63) is 0 Å². The zero-order valence-corrected chi connectivity index (χ0v) is 11.0. The Labute approximate surface area is 96.3 Å². The van der Waals surface area contributed by atoms with E-state index in [0.717, 1.165) is 6.42 Å². The molecule has 15 heavy (non-hydrogen) atoms. The quantitative estimate of drug-likeness (QED) is 0.566. The van der Waals surface area contributed by atoms with Crippen molar-refractivity contribution in [2.45, 2.75) is 84.7 Å². The molecular weight excluding hydrogens is 184 g/mol. The summed E-state index contributed by atoms with van der Waals surface area (Å²) in [6.45, 7) is 6.66. The van der Waals surface area contributed by atoms with Crippen LogP contribution in [0.25, 0.3) is 0 Å². The first kappa shape index (κ1) is 15.0. The molecule has 0 spiro atoms. The summed E-state index contributed by atoms with van der Waals surface area (Å²) in [5.41, 5.74) is 0. The van der Waals surface area contributed by atoms with Crippen molar-refractivity contribution in [1.82, 2.24) is 0 Å². The minimum atomic E-state index is -0.0388. The molecule has 0 aliphatic heterocycles. The van der Waals surface area contributed by atoms with Gasteiger partial charge in [-0.3, -0.25) is 0 Å². The molecule has 1 unspecified atom stereocenters. The standard InChI is InChI=1S/C14H30O/c1-4-7-10-13(11-8-5-2)14(15)12-9-6-3/h13-15H,4-12H2,1-3H3. The first-order chi connectivity index (χ1) is 7.26. The van der Waals surface area contributed by atoms with E-state index >= 15 is 0 Å². The van der Waals surface area contributed by atoms with E-state index in [4.69, 9.17) is 0 Å². The molecule has 0 aliphatic rings. The SMILES string of the molecule is CCCCC(O)C(CCCC)CCCC. The van der Waals surface area contributed by atoms with E-state index in [0.29, 0.717) is 5.92 Å². The third kappa shape index (κ3) is 7.84. The van der Waals surface area contributed by atoms with Gasteiger partial charge in [0.05, 0.1) is 6.10 Å². The Morgan fingerprint density at radius 2 is 1.13 bits per heavy atom. The van der Waals surface area contributed by atoms with E-state index in [1.165, 1.54) is 51.4 Å². The van der Waals surface area contributed by atoms with Gasteiger partial charge in [-0.1, -0.05) is 59.3 Å². The zero-order valence-electron chi connectivity index (χ0n) is 11.0. The van der Waals surface area contributed by atoms with Crippen LogP contribution in [0, 0.1) is 5.92 Å². The van der Waals surface area contributed by atoms with Crippen LogP contribution < -0.4 is 0 Å². The monoisotopic (exact) mass is 214 g/mol. The zero-order chi connectivity index (χ0) is 11.5. The molecule has 1 nitrogen and oxygen atoms in total. The number of hydrogen-bond acceptors (Lipinski definition) is 1. The molecule has 0 saturated carbocycles. The van der Waals surface area contributed by atoms with Crippen molar-refractivity contribution in [2.24, 2.45) is 5.92 Å². The molecule has 0 aromatic carbocycles. The Morgan fingerprint density at radius 3 is 1.53 bits per heavy atom. The van der Waals surface area contributed by atoms with E-state index in [1.807, 2.05) is 0 Å². The van der Waals surface area contributed by atoms with E-state index in [2.05, 4.69) is 20.8 Å². The highest BCUT2D eigenvalue weighted by atomic mass is 16.3. The molecule has 92 valence electrons. The van der Waals surface area contributed by atoms with E-state index in [-0.39, 0.29) is 6.10 Å². The molecule has 0 fully saturated rings. The van der Waals surface area contributed by atoms with Gasteiger partial charge in [-0.25, -0.2) is 0 Å². The van der Waals surface area contributed by atoms with Crippen molar-refractivity contribution >= 4 is 0 Å². The molecular formula is C14H30O. The van der Waals surface area contributed by atoms with Crippen LogP contribution in [0.2, 0.25) is 0 Å². The maximum Gasteiger partial charge on any atom is 0.0568 e. The van der Waals surface area contributed by atoms with Gasteiger partial charge in [0.2, 0.25) is 0 Å². The van der Waals surface area contributed by atoms with Crippen LogP contribution in [0.5, 0.6) is 0 Å². The van der Waals surface area contributed by atoms with Gasteiger partial charge in [0.25, 0.3) is 0 Å². The fourth-order valence-electron chi connectivity index (χ4n) is 2.11. The third-order valence-electron chi connectivity index (χ3n) is 3.25. The van der Waals surface area contributed by atoms with Crippen molar-refractivity contribution < 1.29 is 5.11 Å². The van der Waals surface area contributed by atoms with Gasteiger partial charge in [0.15, 0.2) is 0 Å². The first-order valence-corrected chi connectivity index (χ1v) is 6.94. The second-order valence-corrected chi connectivity index (χ2v) is 4.75. The molecule has 0 radical (unpaired) electrons. The van der Waals surface area contributed by atoms with Crippen LogP contribution in [0.1, 0.15) is 78.6 Å². The first-order valence-electron chi connectivity index (χ1n) is 6.94. The number of aliphatic hydroxyl groups excluding tert-OH is 1. The maximum absolute atomic E-state index is 10.1. The Hall–Kier alpha value is -0.0400. The fraction of sp³-hybridized carbons (Fsp3) is 1.00. The molecule has 0 heterocycles. The summed E-state index contributed by atoms with van der Waals surface area (Å²) in [5.74, 6) is 0.566. The second-order valence-electron chi connectivity index (χ2n) is 4.75. The summed E-state index contributed by atoms with van der Waals surface area (Å²) >= 11 is 0. The molecule has 0 rings (SSSR count). The Bertz CT molecular complexity index is 115. The summed E-state index contributed by atoms with van der Waals surface area (Å²) in [6, 6.07) is 0. The molecule has 1 atom stereocenters. The van der Waals surface area contributed by atoms with Gasteiger partial charge < -0.3 is 5.11 Å². The average molecular weight is 214 g/mol. The van der Waals surface area contributed by atoms with E-state index < -0.39 is 0 Å². The van der Waals surface area contributed by atoms with Crippen LogP contribution in [0.4, 0.5) is 0 Å². The minimum absolute atomic E-state index is 0.0388. The lowest BCUT2D eigenvalue weighted by Gasteiger charge is -2.22. The molecule has 1 N–H and O–H groups in total. The molecule has 0 aliphatic carbocycles. The average Bonchev–Trinajstić information content (AvgIpc) is 2.26. The van der Waals surface area contributed by atoms with Crippen LogP contribution in [0.3, 0.4) is 0 Å². The van der Waals surface area contributed by atoms with Gasteiger partial charge in [0, 0.05) is 0 Å². The highest BCUT2D eigenvalue weighted by Gasteiger charge is 2.17. The minimum Gasteiger partial charge on any atom is -0.393 e. The number of aliphatic hydroxyl groups is 1. The Kier molecular flexibility index (Phi) is 10.4. The van der Waals surface area contributed by atoms with Gasteiger partial charge in [-0.05, 0) is 25.2 Å². The summed E-state index contributed by atoms with van der Waals surface area (Å²) < 4.78 is 0. The summed E-state index contributed by atoms with van der Waals surface area (Å²) in [7, 11) is 0. The van der Waals surface area contributed by atoms with Gasteiger partial charge in [-0.2, -0.15) is 0 Å². The van der Waals surface area contributed by atoms with E-state index in [9.17, 15) is 5.11 Å². The summed E-state index contributed by atoms with van der Waals surface area (Å²) in [6.07, 6.45) is 10.9. The van der Waals surface area contributed by atoms with Crippen LogP contribution in [-0.4, -0.2) is 11.2 Å². The maximum atomic E-state index is 10.1. The predicted octanol–water partition coefficient (Wildman–Crippen LogP) is 4.53. The van der Waals surface area contributed by atoms with Crippen molar-refractivity contribution in [3.8, 4) is 0 Å². The molecule has 0 aromatic heterocycles. The van der Waals surface area contributed by atoms with Gasteiger partial charge in [-0.15, -0.1) is 0 Å². The molecule has 1 heteroatoms. The van der Waals surface area contributed by atoms with Crippen LogP contribution in [-0.2, 0) is 0 Å². The predicted molar refractivity (Wildman–Crippen MR) is 68.1 cm³/mol. The number of rotatable bonds is 10. The number of hydrogen-bond donors (Lipinski definition) is 1. The van der Waals surface area contributed by atoms with Crippen molar-refractivity contribution in [2.75, 3.05) is 0 Å². The highest BCUT2D eigenvalue weighted by Crippen LogP contribution is 2.23. The highest BCUT2D eigenvalue weighted by molar-refractivity contribution is 4.69. The Morgan fingerprint density at radius 1 is 0.733 bits per heavy atom. The second kappa shape index (κ2) is 10.5. The lowest BCUT2D eigenvalue weighted by molar-refractivity contribution is 0.0841. The topological polar surface area (TPSA) is 20.2 Å². The van der Waals surface area contributed by atoms with Gasteiger partial charge in [0.1, 0.15) is 0 Å². The summed E-state index contributed by atoms with van der Waals surface area (Å²) in [4.78, 5) is 0. The van der Waals surface area contributed by atoms with Gasteiger partial charge >= 0.3 is 0 Å². The fourth-order valence-corrected chi connectivity index (χ4v) is 2.11. The van der Waals surface area contributed by atoms with Crippen molar-refractivity contribution in [1.29, 1.82) is 0 Å². The van der Waals surface area contributed by atoms with Crippen molar-refractivity contribution in [3.63, 3.8) is 0 Å². The molecule has 0 amide bonds. The smallest absolute Gasteiger partial charge is 0.0568 e. The largest absolute Gasteiger partial charge is 0.393 e. The Balaban J connectivity index is 3.84. The van der Waals surface area contributed by atoms with E-state index in [1.54, 1.807) is 0 Å². The molecule has 0 saturated heterocycles. The molecule has 0 aromatic rings. The normalized spacial score (nSPS) is 13.4. The van der Waals surface area contributed by atoms with Crippen LogP contribution in [0.15, 0.2) is 0 Å². The number of unbranched alkanes of at least 4 members (excludes halogenated alkanes) is 3.